The first-order valence-corrected chi connectivity index (χ1v) is 3.82. The zero-order valence-corrected chi connectivity index (χ0v) is 6.21. The number of hydrogen-bond acceptors (Lipinski definition) is 3. The Bertz CT molecular complexity index is 81.7. The van der Waals surface area contributed by atoms with E-state index in [4.69, 9.17) is 5.11 Å². The van der Waals surface area contributed by atoms with Crippen LogP contribution >= 0.6 is 0 Å². The zero-order valence-electron chi connectivity index (χ0n) is 6.21. The Kier molecular flexibility index (Phi) is 3.72. The molecular formula is C7H15N2O. The molecule has 1 aliphatic heterocycles. The van der Waals surface area contributed by atoms with Crippen LogP contribution in [-0.4, -0.2) is 42.8 Å². The van der Waals surface area contributed by atoms with Crippen LogP contribution in [0.4, 0.5) is 0 Å². The lowest BCUT2D eigenvalue weighted by Crippen LogP contribution is -2.42. The lowest BCUT2D eigenvalue weighted by molar-refractivity contribution is 0.244. The van der Waals surface area contributed by atoms with Gasteiger partial charge in [0.15, 0.2) is 0 Å². The molecule has 0 amide bonds. The van der Waals surface area contributed by atoms with Crippen molar-refractivity contribution in [3.8, 4) is 0 Å². The largest absolute Gasteiger partial charge is 0.396 e. The third-order valence-electron chi connectivity index (χ3n) is 1.67. The van der Waals surface area contributed by atoms with Crippen LogP contribution in [0, 0.1) is 6.54 Å². The molecule has 1 aliphatic rings. The fraction of sp³-hybridized carbons (Fsp3) is 0.857. The molecule has 0 aromatic rings. The molecule has 0 aliphatic carbocycles. The first-order chi connectivity index (χ1) is 4.93. The van der Waals surface area contributed by atoms with Crippen LogP contribution in [0.1, 0.15) is 6.42 Å². The Labute approximate surface area is 62.0 Å². The van der Waals surface area contributed by atoms with Crippen LogP contribution in [0.3, 0.4) is 0 Å². The van der Waals surface area contributed by atoms with Gasteiger partial charge in [0.25, 0.3) is 0 Å². The number of piperazine rings is 1. The third kappa shape index (κ3) is 2.64. The Morgan fingerprint density at radius 3 is 2.70 bits per heavy atom. The minimum atomic E-state index is 0.268. The average molecular weight is 143 g/mol. The van der Waals surface area contributed by atoms with Crippen molar-refractivity contribution < 1.29 is 5.11 Å². The van der Waals surface area contributed by atoms with Crippen molar-refractivity contribution in [1.82, 2.24) is 10.2 Å². The molecule has 0 bridgehead atoms. The second-order valence-electron chi connectivity index (χ2n) is 2.48. The molecule has 10 heavy (non-hydrogen) atoms. The van der Waals surface area contributed by atoms with Crippen molar-refractivity contribution in [3.05, 3.63) is 6.54 Å². The predicted molar refractivity (Wildman–Crippen MR) is 40.4 cm³/mol. The molecule has 0 atom stereocenters. The van der Waals surface area contributed by atoms with Crippen LogP contribution in [0.25, 0.3) is 0 Å². The fourth-order valence-corrected chi connectivity index (χ4v) is 1.11. The van der Waals surface area contributed by atoms with E-state index in [9.17, 15) is 0 Å². The quantitative estimate of drug-likeness (QED) is 0.555. The normalized spacial score (nSPS) is 21.3. The Hall–Kier alpha value is -0.120. The van der Waals surface area contributed by atoms with Gasteiger partial charge in [0.05, 0.1) is 0 Å². The summed E-state index contributed by atoms with van der Waals surface area (Å²) in [4.78, 5) is 2.26. The summed E-state index contributed by atoms with van der Waals surface area (Å²) in [7, 11) is 0. The van der Waals surface area contributed by atoms with Gasteiger partial charge in [-0.15, -0.1) is 0 Å². The van der Waals surface area contributed by atoms with Gasteiger partial charge in [-0.2, -0.15) is 0 Å². The maximum atomic E-state index is 8.52. The molecule has 59 valence electrons. The molecule has 0 spiro atoms. The van der Waals surface area contributed by atoms with Gasteiger partial charge in [-0.3, -0.25) is 4.90 Å². The summed E-state index contributed by atoms with van der Waals surface area (Å²) in [6, 6.07) is 0. The molecule has 0 saturated carbocycles. The summed E-state index contributed by atoms with van der Waals surface area (Å²) in [6.07, 6.45) is 0.792. The molecule has 1 radical (unpaired) electrons. The number of nitrogens with zero attached hydrogens (tertiary/aromatic N) is 1. The summed E-state index contributed by atoms with van der Waals surface area (Å²) in [5, 5.41) is 11.8. The number of aliphatic hydroxyl groups excluding tert-OH is 1. The van der Waals surface area contributed by atoms with E-state index >= 15 is 0 Å². The number of rotatable bonds is 3. The smallest absolute Gasteiger partial charge is 0.0446 e. The second-order valence-corrected chi connectivity index (χ2v) is 2.48. The van der Waals surface area contributed by atoms with E-state index in [1.165, 1.54) is 0 Å². The lowest BCUT2D eigenvalue weighted by atomic mass is 10.3. The summed E-state index contributed by atoms with van der Waals surface area (Å²) >= 11 is 0. The van der Waals surface area contributed by atoms with E-state index in [-0.39, 0.29) is 6.61 Å². The summed E-state index contributed by atoms with van der Waals surface area (Å²) < 4.78 is 0. The van der Waals surface area contributed by atoms with Gasteiger partial charge in [0.1, 0.15) is 0 Å². The van der Waals surface area contributed by atoms with E-state index in [1.54, 1.807) is 0 Å². The maximum absolute atomic E-state index is 8.52. The topological polar surface area (TPSA) is 35.5 Å². The molecule has 1 heterocycles. The Balaban J connectivity index is 2.02. The summed E-state index contributed by atoms with van der Waals surface area (Å²) in [5.74, 6) is 0. The number of nitrogens with one attached hydrogen (secondary N) is 1. The van der Waals surface area contributed by atoms with Crippen molar-refractivity contribution in [2.24, 2.45) is 0 Å². The molecule has 0 aromatic heterocycles. The van der Waals surface area contributed by atoms with Gasteiger partial charge < -0.3 is 10.4 Å². The van der Waals surface area contributed by atoms with Crippen LogP contribution in [0.5, 0.6) is 0 Å². The van der Waals surface area contributed by atoms with Crippen LogP contribution < -0.4 is 5.32 Å². The van der Waals surface area contributed by atoms with Crippen LogP contribution in [0.2, 0.25) is 0 Å². The molecule has 3 nitrogen and oxygen atoms in total. The SMILES string of the molecule is OCC[CH]N1CCNCC1. The van der Waals surface area contributed by atoms with Gasteiger partial charge in [-0.1, -0.05) is 0 Å². The average Bonchev–Trinajstić information content (AvgIpc) is 2.03. The van der Waals surface area contributed by atoms with Crippen molar-refractivity contribution >= 4 is 0 Å². The predicted octanol–water partition coefficient (Wildman–Crippen LogP) is -0.564. The molecule has 1 fully saturated rings. The van der Waals surface area contributed by atoms with E-state index in [0.29, 0.717) is 0 Å². The van der Waals surface area contributed by atoms with E-state index in [2.05, 4.69) is 16.8 Å². The summed E-state index contributed by atoms with van der Waals surface area (Å²) in [6.45, 7) is 6.66. The first kappa shape index (κ1) is 7.98. The van der Waals surface area contributed by atoms with Crippen LogP contribution in [-0.2, 0) is 0 Å². The van der Waals surface area contributed by atoms with Crippen molar-refractivity contribution in [3.63, 3.8) is 0 Å². The highest BCUT2D eigenvalue weighted by Crippen LogP contribution is 1.97. The van der Waals surface area contributed by atoms with Gasteiger partial charge >= 0.3 is 0 Å². The molecular weight excluding hydrogens is 128 g/mol. The van der Waals surface area contributed by atoms with Crippen molar-refractivity contribution in [2.75, 3.05) is 32.8 Å². The monoisotopic (exact) mass is 143 g/mol. The minimum absolute atomic E-state index is 0.268. The molecule has 3 heteroatoms. The highest BCUT2D eigenvalue weighted by Gasteiger charge is 2.07. The van der Waals surface area contributed by atoms with Gasteiger partial charge in [0, 0.05) is 39.3 Å². The maximum Gasteiger partial charge on any atom is 0.0446 e. The van der Waals surface area contributed by atoms with E-state index < -0.39 is 0 Å². The molecule has 0 unspecified atom stereocenters. The molecule has 1 saturated heterocycles. The standard InChI is InChI=1S/C7H15N2O/c10-7-1-4-9-5-2-8-3-6-9/h4,8,10H,1-3,5-7H2. The summed E-state index contributed by atoms with van der Waals surface area (Å²) in [5.41, 5.74) is 0. The zero-order chi connectivity index (χ0) is 7.23. The fourth-order valence-electron chi connectivity index (χ4n) is 1.11. The minimum Gasteiger partial charge on any atom is -0.396 e. The molecule has 2 N–H and O–H groups in total. The Morgan fingerprint density at radius 2 is 2.10 bits per heavy atom. The van der Waals surface area contributed by atoms with Gasteiger partial charge in [-0.25, -0.2) is 0 Å². The third-order valence-corrected chi connectivity index (χ3v) is 1.67. The second kappa shape index (κ2) is 4.66. The number of aliphatic hydroxyl groups is 1. The van der Waals surface area contributed by atoms with Crippen molar-refractivity contribution in [2.45, 2.75) is 6.42 Å². The first-order valence-electron chi connectivity index (χ1n) is 3.82. The highest BCUT2D eigenvalue weighted by atomic mass is 16.3. The van der Waals surface area contributed by atoms with E-state index in [0.717, 1.165) is 32.6 Å². The number of hydrogen-bond donors (Lipinski definition) is 2. The van der Waals surface area contributed by atoms with Gasteiger partial charge in [0.2, 0.25) is 0 Å². The lowest BCUT2D eigenvalue weighted by Gasteiger charge is -2.26. The Morgan fingerprint density at radius 1 is 1.40 bits per heavy atom. The van der Waals surface area contributed by atoms with E-state index in [1.807, 2.05) is 0 Å². The van der Waals surface area contributed by atoms with Gasteiger partial charge in [-0.05, 0) is 6.42 Å². The molecule has 0 aromatic carbocycles. The molecule has 1 rings (SSSR count). The van der Waals surface area contributed by atoms with Crippen LogP contribution in [0.15, 0.2) is 0 Å². The van der Waals surface area contributed by atoms with Crippen molar-refractivity contribution in [1.29, 1.82) is 0 Å². The highest BCUT2D eigenvalue weighted by molar-refractivity contribution is 4.74.